The highest BCUT2D eigenvalue weighted by atomic mass is 32.2. The van der Waals surface area contributed by atoms with Crippen LogP contribution in [0.2, 0.25) is 0 Å². The summed E-state index contributed by atoms with van der Waals surface area (Å²) < 4.78 is 1.42. The van der Waals surface area contributed by atoms with E-state index < -0.39 is 16.4 Å². The summed E-state index contributed by atoms with van der Waals surface area (Å²) in [5.41, 5.74) is 3.92. The first-order valence-corrected chi connectivity index (χ1v) is 10.3. The molecule has 1 atom stereocenters. The molecule has 4 heterocycles. The van der Waals surface area contributed by atoms with Crippen LogP contribution in [-0.4, -0.2) is 41.8 Å². The SMILES string of the molecule is Cc1[nH]n2c(=O)c3c(nc2c1-c1ccccc1)CN(C(=O)C[C@H]1SC(=O)NC1=O)C3. The fourth-order valence-electron chi connectivity index (χ4n) is 3.92. The minimum atomic E-state index is -0.732. The lowest BCUT2D eigenvalue weighted by Gasteiger charge is -2.15. The van der Waals surface area contributed by atoms with Gasteiger partial charge in [-0.1, -0.05) is 42.1 Å². The number of benzene rings is 1. The summed E-state index contributed by atoms with van der Waals surface area (Å²) >= 11 is 0.819. The van der Waals surface area contributed by atoms with Crippen LogP contribution in [0.4, 0.5) is 4.79 Å². The average Bonchev–Trinajstić information content (AvgIpc) is 3.38. The van der Waals surface area contributed by atoms with Gasteiger partial charge in [-0.05, 0) is 12.5 Å². The van der Waals surface area contributed by atoms with Crippen molar-refractivity contribution in [3.63, 3.8) is 0 Å². The lowest BCUT2D eigenvalue weighted by atomic mass is 10.1. The van der Waals surface area contributed by atoms with Crippen LogP contribution in [0, 0.1) is 6.92 Å². The van der Waals surface area contributed by atoms with E-state index in [1.165, 1.54) is 9.42 Å². The molecule has 10 heteroatoms. The maximum atomic E-state index is 13.1. The number of H-pyrrole nitrogens is 1. The van der Waals surface area contributed by atoms with Crippen LogP contribution in [-0.2, 0) is 22.7 Å². The van der Waals surface area contributed by atoms with Crippen molar-refractivity contribution in [1.29, 1.82) is 0 Å². The van der Waals surface area contributed by atoms with Crippen LogP contribution >= 0.6 is 11.8 Å². The van der Waals surface area contributed by atoms with Crippen molar-refractivity contribution in [1.82, 2.24) is 24.8 Å². The Bertz CT molecular complexity index is 1280. The molecule has 5 rings (SSSR count). The van der Waals surface area contributed by atoms with Crippen molar-refractivity contribution < 1.29 is 14.4 Å². The lowest BCUT2D eigenvalue weighted by molar-refractivity contribution is -0.133. The van der Waals surface area contributed by atoms with Crippen LogP contribution in [0.15, 0.2) is 35.1 Å². The summed E-state index contributed by atoms with van der Waals surface area (Å²) in [5, 5.41) is 4.08. The minimum absolute atomic E-state index is 0.0934. The molecule has 2 N–H and O–H groups in total. The molecule has 0 unspecified atom stereocenters. The molecule has 0 spiro atoms. The standard InChI is InChI=1S/C20H17N5O4S/c1-10-16(11-5-3-2-4-6-11)17-21-13-9-24(8-12(13)19(28)25(17)23-10)15(26)7-14-18(27)22-20(29)30-14/h2-6,14,23H,7-9H2,1H3,(H,22,27,29)/t14-/m1/s1. The number of nitrogens with one attached hydrogen (secondary N) is 2. The summed E-state index contributed by atoms with van der Waals surface area (Å²) in [6.07, 6.45) is -0.0934. The third-order valence-corrected chi connectivity index (χ3v) is 6.35. The van der Waals surface area contributed by atoms with Crippen LogP contribution in [0.3, 0.4) is 0 Å². The van der Waals surface area contributed by atoms with Gasteiger partial charge in [0.25, 0.3) is 10.8 Å². The number of hydrogen-bond acceptors (Lipinski definition) is 6. The third-order valence-electron chi connectivity index (χ3n) is 5.37. The summed E-state index contributed by atoms with van der Waals surface area (Å²) in [6.45, 7) is 2.23. The molecule has 2 aliphatic rings. The summed E-state index contributed by atoms with van der Waals surface area (Å²) in [4.78, 5) is 55.0. The van der Waals surface area contributed by atoms with Crippen molar-refractivity contribution in [2.24, 2.45) is 0 Å². The molecule has 3 aromatic rings. The van der Waals surface area contributed by atoms with E-state index >= 15 is 0 Å². The van der Waals surface area contributed by atoms with Crippen molar-refractivity contribution in [2.45, 2.75) is 31.7 Å². The topological polar surface area (TPSA) is 117 Å². The van der Waals surface area contributed by atoms with Crippen molar-refractivity contribution in [3.05, 3.63) is 57.6 Å². The van der Waals surface area contributed by atoms with Gasteiger partial charge in [-0.3, -0.25) is 29.6 Å². The molecule has 1 aromatic carbocycles. The van der Waals surface area contributed by atoms with Gasteiger partial charge in [0.1, 0.15) is 5.25 Å². The van der Waals surface area contributed by atoms with Crippen LogP contribution < -0.4 is 10.9 Å². The quantitative estimate of drug-likeness (QED) is 0.661. The number of imide groups is 1. The van der Waals surface area contributed by atoms with E-state index in [1.54, 1.807) is 0 Å². The molecule has 152 valence electrons. The van der Waals surface area contributed by atoms with E-state index in [2.05, 4.69) is 10.4 Å². The maximum Gasteiger partial charge on any atom is 0.286 e. The van der Waals surface area contributed by atoms with Gasteiger partial charge in [-0.25, -0.2) is 9.50 Å². The predicted octanol–water partition coefficient (Wildman–Crippen LogP) is 1.58. The molecule has 0 saturated carbocycles. The minimum Gasteiger partial charge on any atom is -0.332 e. The Labute approximate surface area is 174 Å². The molecule has 1 fully saturated rings. The van der Waals surface area contributed by atoms with E-state index in [0.29, 0.717) is 16.9 Å². The number of thioether (sulfide) groups is 1. The molecular formula is C20H17N5O4S. The second-order valence-electron chi connectivity index (χ2n) is 7.32. The van der Waals surface area contributed by atoms with Crippen molar-refractivity contribution in [3.8, 4) is 11.1 Å². The molecule has 2 aromatic heterocycles. The van der Waals surface area contributed by atoms with Gasteiger partial charge in [-0.2, -0.15) is 0 Å². The third kappa shape index (κ3) is 2.91. The molecule has 1 saturated heterocycles. The van der Waals surface area contributed by atoms with Crippen molar-refractivity contribution in [2.75, 3.05) is 0 Å². The molecule has 3 amide bonds. The first-order chi connectivity index (χ1) is 14.4. The zero-order valence-electron chi connectivity index (χ0n) is 16.0. The zero-order valence-corrected chi connectivity index (χ0v) is 16.8. The Balaban J connectivity index is 1.47. The summed E-state index contributed by atoms with van der Waals surface area (Å²) in [7, 11) is 0. The van der Waals surface area contributed by atoms with Gasteiger partial charge in [-0.15, -0.1) is 0 Å². The Hall–Kier alpha value is -3.40. The molecule has 0 aliphatic carbocycles. The Morgan fingerprint density at radius 1 is 1.20 bits per heavy atom. The van der Waals surface area contributed by atoms with Gasteiger partial charge in [0.05, 0.1) is 24.3 Å². The first kappa shape index (κ1) is 18.6. The smallest absolute Gasteiger partial charge is 0.286 e. The van der Waals surface area contributed by atoms with Crippen molar-refractivity contribution >= 4 is 34.5 Å². The van der Waals surface area contributed by atoms with Gasteiger partial charge < -0.3 is 4.90 Å². The highest BCUT2D eigenvalue weighted by Crippen LogP contribution is 2.29. The first-order valence-electron chi connectivity index (χ1n) is 9.40. The second kappa shape index (κ2) is 6.84. The number of rotatable bonds is 3. The Kier molecular flexibility index (Phi) is 4.24. The monoisotopic (exact) mass is 423 g/mol. The van der Waals surface area contributed by atoms with E-state index in [4.69, 9.17) is 4.98 Å². The fourth-order valence-corrected chi connectivity index (χ4v) is 4.73. The Morgan fingerprint density at radius 2 is 1.97 bits per heavy atom. The molecule has 2 aliphatic heterocycles. The molecule has 9 nitrogen and oxygen atoms in total. The zero-order chi connectivity index (χ0) is 21.0. The number of hydrogen-bond donors (Lipinski definition) is 2. The second-order valence-corrected chi connectivity index (χ2v) is 8.49. The number of carbonyl (C=O) groups is 3. The normalized spacial score (nSPS) is 18.2. The highest BCUT2D eigenvalue weighted by Gasteiger charge is 2.36. The molecule has 0 bridgehead atoms. The average molecular weight is 423 g/mol. The number of carbonyl (C=O) groups excluding carboxylic acids is 3. The summed E-state index contributed by atoms with van der Waals surface area (Å²) in [6, 6.07) is 9.68. The van der Waals surface area contributed by atoms with E-state index in [-0.39, 0.29) is 31.0 Å². The number of nitrogens with zero attached hydrogens (tertiary/aromatic N) is 3. The van der Waals surface area contributed by atoms with E-state index in [0.717, 1.165) is 28.6 Å². The lowest BCUT2D eigenvalue weighted by Crippen LogP contribution is -2.32. The largest absolute Gasteiger partial charge is 0.332 e. The van der Waals surface area contributed by atoms with Gasteiger partial charge in [0.15, 0.2) is 5.65 Å². The Morgan fingerprint density at radius 3 is 2.67 bits per heavy atom. The number of amides is 3. The fraction of sp³-hybridized carbons (Fsp3) is 0.250. The highest BCUT2D eigenvalue weighted by molar-refractivity contribution is 8.15. The van der Waals surface area contributed by atoms with E-state index in [1.807, 2.05) is 37.3 Å². The van der Waals surface area contributed by atoms with Gasteiger partial charge >= 0.3 is 0 Å². The molecule has 30 heavy (non-hydrogen) atoms. The predicted molar refractivity (Wildman–Crippen MR) is 110 cm³/mol. The van der Waals surface area contributed by atoms with Crippen LogP contribution in [0.1, 0.15) is 23.4 Å². The van der Waals surface area contributed by atoms with Gasteiger partial charge in [0.2, 0.25) is 11.8 Å². The van der Waals surface area contributed by atoms with Crippen LogP contribution in [0.25, 0.3) is 16.8 Å². The molecule has 0 radical (unpaired) electrons. The van der Waals surface area contributed by atoms with Gasteiger partial charge in [0, 0.05) is 17.7 Å². The number of fused-ring (bicyclic) bond motifs is 2. The number of aromatic nitrogens is 3. The number of aryl methyl sites for hydroxylation is 1. The van der Waals surface area contributed by atoms with Crippen LogP contribution in [0.5, 0.6) is 0 Å². The summed E-state index contributed by atoms with van der Waals surface area (Å²) in [5.74, 6) is -0.743. The number of aromatic amines is 1. The van der Waals surface area contributed by atoms with E-state index in [9.17, 15) is 19.2 Å². The maximum absolute atomic E-state index is 13.1. The molecular weight excluding hydrogens is 406 g/mol.